The number of rotatable bonds is 11. The van der Waals surface area contributed by atoms with Gasteiger partial charge in [-0.2, -0.15) is 0 Å². The fraction of sp³-hybridized carbons (Fsp3) is 0.379. The third kappa shape index (κ3) is 5.74. The number of benzene rings is 2. The number of fused-ring (bicyclic) bond motifs is 1. The number of nitrogens with zero attached hydrogens (tertiary/aromatic N) is 3. The molecule has 7 heteroatoms. The maximum Gasteiger partial charge on any atom is 0.146 e. The predicted molar refractivity (Wildman–Crippen MR) is 144 cm³/mol. The summed E-state index contributed by atoms with van der Waals surface area (Å²) in [6.07, 6.45) is 9.33. The van der Waals surface area contributed by atoms with Crippen LogP contribution in [-0.2, 0) is 6.42 Å². The molecule has 0 spiro atoms. The summed E-state index contributed by atoms with van der Waals surface area (Å²) >= 11 is 0. The van der Waals surface area contributed by atoms with Gasteiger partial charge in [0.15, 0.2) is 0 Å². The van der Waals surface area contributed by atoms with Crippen LogP contribution in [0.4, 0.5) is 10.2 Å². The van der Waals surface area contributed by atoms with E-state index in [1.165, 1.54) is 24.1 Å². The van der Waals surface area contributed by atoms with Crippen LogP contribution in [0, 0.1) is 11.7 Å². The summed E-state index contributed by atoms with van der Waals surface area (Å²) in [5.41, 5.74) is 10.7. The molecule has 2 atom stereocenters. The van der Waals surface area contributed by atoms with Crippen LogP contribution in [0.1, 0.15) is 37.3 Å². The Balaban J connectivity index is 1.08. The monoisotopic (exact) mass is 486 g/mol. The molecule has 5 rings (SSSR count). The molecule has 1 saturated carbocycles. The van der Waals surface area contributed by atoms with E-state index in [4.69, 9.17) is 5.73 Å². The van der Waals surface area contributed by atoms with Gasteiger partial charge in [-0.25, -0.2) is 14.4 Å². The normalized spacial score (nSPS) is 17.7. The molecular weight excluding hydrogens is 451 g/mol. The first-order valence-electron chi connectivity index (χ1n) is 13.0. The van der Waals surface area contributed by atoms with Crippen LogP contribution in [0.15, 0.2) is 67.1 Å². The molecule has 0 radical (unpaired) electrons. The Kier molecular flexibility index (Phi) is 7.88. The van der Waals surface area contributed by atoms with Gasteiger partial charge in [0.2, 0.25) is 0 Å². The topological polar surface area (TPSA) is 80.8 Å². The van der Waals surface area contributed by atoms with Crippen molar-refractivity contribution in [3.63, 3.8) is 0 Å². The third-order valence-electron chi connectivity index (χ3n) is 7.27. The minimum absolute atomic E-state index is 0.177. The summed E-state index contributed by atoms with van der Waals surface area (Å²) in [5.74, 6) is 1.03. The van der Waals surface area contributed by atoms with Gasteiger partial charge >= 0.3 is 0 Å². The van der Waals surface area contributed by atoms with Gasteiger partial charge in [0.05, 0.1) is 5.39 Å². The number of hydrogen-bond donors (Lipinski definition) is 3. The molecule has 0 saturated heterocycles. The van der Waals surface area contributed by atoms with Gasteiger partial charge in [-0.3, -0.25) is 0 Å². The Bertz CT molecular complexity index is 1250. The van der Waals surface area contributed by atoms with E-state index in [1.807, 2.05) is 18.2 Å². The van der Waals surface area contributed by atoms with Crippen LogP contribution in [0.25, 0.3) is 22.2 Å². The number of halogens is 1. The van der Waals surface area contributed by atoms with Gasteiger partial charge in [0, 0.05) is 17.8 Å². The zero-order valence-corrected chi connectivity index (χ0v) is 20.7. The fourth-order valence-corrected chi connectivity index (χ4v) is 5.36. The summed E-state index contributed by atoms with van der Waals surface area (Å²) in [6, 6.07) is 17.6. The van der Waals surface area contributed by atoms with Crippen molar-refractivity contribution in [2.75, 3.05) is 31.9 Å². The molecule has 0 aliphatic heterocycles. The Morgan fingerprint density at radius 2 is 1.75 bits per heavy atom. The molecule has 1 aliphatic rings. The van der Waals surface area contributed by atoms with Crippen LogP contribution in [0.2, 0.25) is 0 Å². The SMILES string of the molecule is Nc1ncnc2c1c(-c1ccccc1)cn2C1CCC(CNCCCNCCc2ccc(F)cc2)C1. The third-order valence-corrected chi connectivity index (χ3v) is 7.27. The highest BCUT2D eigenvalue weighted by Crippen LogP contribution is 2.40. The lowest BCUT2D eigenvalue weighted by Crippen LogP contribution is -2.26. The van der Waals surface area contributed by atoms with E-state index >= 15 is 0 Å². The van der Waals surface area contributed by atoms with Crippen molar-refractivity contribution in [2.24, 2.45) is 5.92 Å². The van der Waals surface area contributed by atoms with E-state index in [9.17, 15) is 4.39 Å². The number of nitrogens with two attached hydrogens (primary N) is 1. The van der Waals surface area contributed by atoms with Gasteiger partial charge in [-0.1, -0.05) is 42.5 Å². The molecule has 2 heterocycles. The summed E-state index contributed by atoms with van der Waals surface area (Å²) in [6.45, 7) is 3.97. The van der Waals surface area contributed by atoms with E-state index in [1.54, 1.807) is 6.33 Å². The zero-order chi connectivity index (χ0) is 24.7. The van der Waals surface area contributed by atoms with Gasteiger partial charge in [-0.05, 0) is 87.5 Å². The van der Waals surface area contributed by atoms with Gasteiger partial charge in [-0.15, -0.1) is 0 Å². The average Bonchev–Trinajstić information content (AvgIpc) is 3.53. The summed E-state index contributed by atoms with van der Waals surface area (Å²) < 4.78 is 15.3. The van der Waals surface area contributed by atoms with Gasteiger partial charge < -0.3 is 20.9 Å². The van der Waals surface area contributed by atoms with Crippen molar-refractivity contribution in [1.82, 2.24) is 25.2 Å². The maximum atomic E-state index is 13.0. The summed E-state index contributed by atoms with van der Waals surface area (Å²) in [7, 11) is 0. The number of anilines is 1. The van der Waals surface area contributed by atoms with Crippen LogP contribution in [-0.4, -0.2) is 40.7 Å². The number of nitrogens with one attached hydrogen (secondary N) is 2. The second kappa shape index (κ2) is 11.6. The van der Waals surface area contributed by atoms with Crippen molar-refractivity contribution in [1.29, 1.82) is 0 Å². The fourth-order valence-electron chi connectivity index (χ4n) is 5.36. The molecule has 2 unspecified atom stereocenters. The minimum atomic E-state index is -0.177. The molecule has 2 aromatic carbocycles. The average molecular weight is 487 g/mol. The molecule has 0 amide bonds. The molecule has 4 N–H and O–H groups in total. The first-order valence-corrected chi connectivity index (χ1v) is 13.0. The van der Waals surface area contributed by atoms with E-state index < -0.39 is 0 Å². The number of nitrogen functional groups attached to an aromatic ring is 1. The zero-order valence-electron chi connectivity index (χ0n) is 20.7. The number of aromatic nitrogens is 3. The lowest BCUT2D eigenvalue weighted by molar-refractivity contribution is 0.452. The van der Waals surface area contributed by atoms with Crippen LogP contribution in [0.3, 0.4) is 0 Å². The highest BCUT2D eigenvalue weighted by atomic mass is 19.1. The molecule has 36 heavy (non-hydrogen) atoms. The summed E-state index contributed by atoms with van der Waals surface area (Å²) in [4.78, 5) is 8.89. The largest absolute Gasteiger partial charge is 0.383 e. The van der Waals surface area contributed by atoms with Crippen molar-refractivity contribution in [3.8, 4) is 11.1 Å². The quantitative estimate of drug-likeness (QED) is 0.261. The van der Waals surface area contributed by atoms with Crippen LogP contribution < -0.4 is 16.4 Å². The van der Waals surface area contributed by atoms with Crippen molar-refractivity contribution in [3.05, 3.63) is 78.5 Å². The molecule has 6 nitrogen and oxygen atoms in total. The van der Waals surface area contributed by atoms with Crippen LogP contribution >= 0.6 is 0 Å². The van der Waals surface area contributed by atoms with Gasteiger partial charge in [0.25, 0.3) is 0 Å². The van der Waals surface area contributed by atoms with Crippen molar-refractivity contribution >= 4 is 16.9 Å². The van der Waals surface area contributed by atoms with E-state index in [0.29, 0.717) is 17.8 Å². The lowest BCUT2D eigenvalue weighted by Gasteiger charge is -2.15. The second-order valence-corrected chi connectivity index (χ2v) is 9.79. The second-order valence-electron chi connectivity index (χ2n) is 9.79. The molecule has 0 bridgehead atoms. The van der Waals surface area contributed by atoms with Crippen molar-refractivity contribution in [2.45, 2.75) is 38.1 Å². The molecule has 4 aromatic rings. The minimum Gasteiger partial charge on any atom is -0.383 e. The summed E-state index contributed by atoms with van der Waals surface area (Å²) in [5, 5.41) is 8.09. The molecule has 1 fully saturated rings. The molecule has 2 aromatic heterocycles. The molecule has 188 valence electrons. The highest BCUT2D eigenvalue weighted by Gasteiger charge is 2.28. The first kappa shape index (κ1) is 24.4. The number of hydrogen-bond acceptors (Lipinski definition) is 5. The Morgan fingerprint density at radius 3 is 2.58 bits per heavy atom. The lowest BCUT2D eigenvalue weighted by atomic mass is 10.1. The first-order chi connectivity index (χ1) is 17.7. The Morgan fingerprint density at radius 1 is 0.944 bits per heavy atom. The maximum absolute atomic E-state index is 13.0. The highest BCUT2D eigenvalue weighted by molar-refractivity contribution is 6.00. The van der Waals surface area contributed by atoms with Gasteiger partial charge in [0.1, 0.15) is 23.6 Å². The van der Waals surface area contributed by atoms with E-state index in [0.717, 1.165) is 74.0 Å². The van der Waals surface area contributed by atoms with Crippen molar-refractivity contribution < 1.29 is 4.39 Å². The Labute approximate surface area is 212 Å². The predicted octanol–water partition coefficient (Wildman–Crippen LogP) is 4.97. The van der Waals surface area contributed by atoms with E-state index in [2.05, 4.69) is 55.6 Å². The smallest absolute Gasteiger partial charge is 0.146 e. The Hall–Kier alpha value is -3.29. The molecule has 1 aliphatic carbocycles. The van der Waals surface area contributed by atoms with Crippen LogP contribution in [0.5, 0.6) is 0 Å². The van der Waals surface area contributed by atoms with E-state index in [-0.39, 0.29) is 5.82 Å². The standard InChI is InChI=1S/C29H35FN6/c30-24-10-7-21(8-11-24)13-16-32-14-4-15-33-18-22-9-12-25(17-22)36-19-26(23-5-2-1-3-6-23)27-28(31)34-20-35-29(27)36/h1-3,5-8,10-11,19-20,22,25,32-33H,4,9,12-18H2,(H2,31,34,35). The molecular formula is C29H35FN6.